The Morgan fingerprint density at radius 2 is 2.43 bits per heavy atom. The van der Waals surface area contributed by atoms with E-state index in [4.69, 9.17) is 15.7 Å². The molecule has 0 heterocycles. The number of non-ortho nitro benzene ring substituents is 1. The monoisotopic (exact) mass is 217 g/mol. The van der Waals surface area contributed by atoms with Gasteiger partial charge in [0.25, 0.3) is 11.6 Å². The average molecular weight is 218 g/mol. The van der Waals surface area contributed by atoms with Gasteiger partial charge in [0.2, 0.25) is 0 Å². The molecule has 1 rings (SSSR count). The van der Waals surface area contributed by atoms with Crippen LogP contribution in [0.25, 0.3) is 0 Å². The number of nitro benzene ring substituents is 1. The van der Waals surface area contributed by atoms with Gasteiger partial charge >= 0.3 is 0 Å². The lowest BCUT2D eigenvalue weighted by molar-refractivity contribution is -0.384. The molecule has 0 aliphatic carbocycles. The summed E-state index contributed by atoms with van der Waals surface area (Å²) in [5, 5.41) is 12.0. The fraction of sp³-hybridized carbons (Fsp3) is 0.125. The third-order valence-corrected chi connectivity index (χ3v) is 1.83. The van der Waals surface area contributed by atoms with E-state index in [9.17, 15) is 14.9 Å². The zero-order valence-corrected chi connectivity index (χ0v) is 7.54. The molecule has 0 saturated heterocycles. The first-order valence-electron chi connectivity index (χ1n) is 4.97. The molecule has 0 radical (unpaired) electrons. The molecule has 74 valence electrons. The molecule has 0 atom stereocenters. The first-order valence-corrected chi connectivity index (χ1v) is 3.85. The summed E-state index contributed by atoms with van der Waals surface area (Å²) in [4.78, 5) is 21.2. The summed E-state index contributed by atoms with van der Waals surface area (Å²) in [6, 6.07) is 3.15. The molecular formula is C8H7ClN2O3. The number of hydrogen-bond donors (Lipinski definition) is 1. The Morgan fingerprint density at radius 3 is 2.93 bits per heavy atom. The van der Waals surface area contributed by atoms with E-state index in [1.54, 1.807) is 5.32 Å². The number of benzene rings is 1. The number of amides is 1. The highest BCUT2D eigenvalue weighted by Gasteiger charge is 2.13. The Morgan fingerprint density at radius 1 is 1.71 bits per heavy atom. The van der Waals surface area contributed by atoms with Gasteiger partial charge in [0.1, 0.15) is 0 Å². The van der Waals surface area contributed by atoms with Gasteiger partial charge in [0, 0.05) is 23.2 Å². The molecule has 0 spiro atoms. The number of hydrogen-bond acceptors (Lipinski definition) is 3. The highest BCUT2D eigenvalue weighted by atomic mass is 35.5. The topological polar surface area (TPSA) is 72.2 Å². The van der Waals surface area contributed by atoms with E-state index in [0.717, 1.165) is 18.2 Å². The molecule has 1 N–H and O–H groups in total. The van der Waals surface area contributed by atoms with Crippen molar-refractivity contribution in [3.8, 4) is 0 Å². The van der Waals surface area contributed by atoms with Crippen molar-refractivity contribution in [3.05, 3.63) is 38.9 Å². The molecule has 5 nitrogen and oxygen atoms in total. The van der Waals surface area contributed by atoms with Crippen LogP contribution in [0.3, 0.4) is 0 Å². The van der Waals surface area contributed by atoms with Gasteiger partial charge in [0.05, 0.1) is 15.5 Å². The van der Waals surface area contributed by atoms with E-state index in [0.29, 0.717) is 0 Å². The van der Waals surface area contributed by atoms with Crippen LogP contribution in [0.15, 0.2) is 18.2 Å². The molecule has 1 aromatic carbocycles. The molecule has 1 amide bonds. The molecule has 0 aliphatic heterocycles. The number of halogens is 1. The number of nitro groups is 1. The van der Waals surface area contributed by atoms with Crippen molar-refractivity contribution in [1.29, 1.82) is 0 Å². The van der Waals surface area contributed by atoms with E-state index in [1.165, 1.54) is 0 Å². The standard InChI is InChI=1S/C8H7ClN2O3/c1-10-8(12)6-3-2-5(11(13)14)4-7(6)9/h2-4H,1H3,(H,10,12)/i1D3. The molecule has 0 unspecified atom stereocenters. The Balaban J connectivity index is 3.00. The number of carbonyl (C=O) groups is 1. The molecule has 0 saturated carbocycles. The fourth-order valence-electron chi connectivity index (χ4n) is 0.869. The smallest absolute Gasteiger partial charge is 0.270 e. The summed E-state index contributed by atoms with van der Waals surface area (Å²) in [6.45, 7) is -2.64. The van der Waals surface area contributed by atoms with Crippen LogP contribution in [-0.2, 0) is 0 Å². The van der Waals surface area contributed by atoms with Crippen LogP contribution in [-0.4, -0.2) is 17.8 Å². The quantitative estimate of drug-likeness (QED) is 0.604. The second kappa shape index (κ2) is 4.06. The van der Waals surface area contributed by atoms with E-state index >= 15 is 0 Å². The third-order valence-electron chi connectivity index (χ3n) is 1.52. The normalized spacial score (nSPS) is 13.6. The van der Waals surface area contributed by atoms with E-state index in [2.05, 4.69) is 0 Å². The van der Waals surface area contributed by atoms with Gasteiger partial charge in [-0.25, -0.2) is 0 Å². The van der Waals surface area contributed by atoms with Gasteiger partial charge in [-0.2, -0.15) is 0 Å². The molecule has 0 bridgehead atoms. The fourth-order valence-corrected chi connectivity index (χ4v) is 1.13. The maximum absolute atomic E-state index is 11.4. The second-order valence-corrected chi connectivity index (χ2v) is 2.78. The van der Waals surface area contributed by atoms with Crippen molar-refractivity contribution in [2.75, 3.05) is 6.98 Å². The van der Waals surface area contributed by atoms with Gasteiger partial charge in [-0.15, -0.1) is 0 Å². The van der Waals surface area contributed by atoms with Crippen LogP contribution in [0.5, 0.6) is 0 Å². The van der Waals surface area contributed by atoms with Crippen molar-refractivity contribution >= 4 is 23.2 Å². The minimum absolute atomic E-state index is 0.131. The van der Waals surface area contributed by atoms with Gasteiger partial charge in [-0.1, -0.05) is 11.6 Å². The molecule has 0 fully saturated rings. The van der Waals surface area contributed by atoms with Crippen LogP contribution in [0.1, 0.15) is 14.5 Å². The number of rotatable bonds is 2. The number of carbonyl (C=O) groups excluding carboxylic acids is 1. The summed E-state index contributed by atoms with van der Waals surface area (Å²) < 4.78 is 20.5. The van der Waals surface area contributed by atoms with Crippen molar-refractivity contribution in [2.45, 2.75) is 0 Å². The maximum Gasteiger partial charge on any atom is 0.270 e. The summed E-state index contributed by atoms with van der Waals surface area (Å²) in [6.07, 6.45) is 0. The summed E-state index contributed by atoms with van der Waals surface area (Å²) in [5.74, 6) is -0.912. The van der Waals surface area contributed by atoms with Crippen molar-refractivity contribution in [3.63, 3.8) is 0 Å². The van der Waals surface area contributed by atoms with Gasteiger partial charge in [-0.05, 0) is 6.07 Å². The van der Waals surface area contributed by atoms with E-state index in [-0.39, 0.29) is 16.3 Å². The Labute approximate surface area is 89.0 Å². The Hall–Kier alpha value is -1.62. The third kappa shape index (κ3) is 2.00. The van der Waals surface area contributed by atoms with Crippen molar-refractivity contribution < 1.29 is 13.8 Å². The molecule has 0 aliphatic rings. The predicted molar refractivity (Wildman–Crippen MR) is 51.5 cm³/mol. The zero-order valence-electron chi connectivity index (χ0n) is 9.78. The van der Waals surface area contributed by atoms with Crippen LogP contribution < -0.4 is 5.32 Å². The lowest BCUT2D eigenvalue weighted by Gasteiger charge is -2.01. The minimum Gasteiger partial charge on any atom is -0.355 e. The van der Waals surface area contributed by atoms with Gasteiger partial charge < -0.3 is 5.32 Å². The summed E-state index contributed by atoms with van der Waals surface area (Å²) in [5.41, 5.74) is -0.408. The highest BCUT2D eigenvalue weighted by Crippen LogP contribution is 2.22. The summed E-state index contributed by atoms with van der Waals surface area (Å²) >= 11 is 5.65. The predicted octanol–water partition coefficient (Wildman–Crippen LogP) is 1.61. The molecule has 0 aromatic heterocycles. The molecular weight excluding hydrogens is 208 g/mol. The number of nitrogens with zero attached hydrogens (tertiary/aromatic N) is 1. The average Bonchev–Trinajstić information content (AvgIpc) is 2.14. The minimum atomic E-state index is -2.64. The first kappa shape index (κ1) is 6.78. The zero-order chi connectivity index (χ0) is 13.2. The van der Waals surface area contributed by atoms with Crippen LogP contribution in [0, 0.1) is 10.1 Å². The molecule has 14 heavy (non-hydrogen) atoms. The van der Waals surface area contributed by atoms with E-state index < -0.39 is 17.8 Å². The first-order chi connectivity index (χ1) is 7.70. The molecule has 6 heteroatoms. The Bertz CT molecular complexity index is 476. The van der Waals surface area contributed by atoms with Gasteiger partial charge in [0.15, 0.2) is 0 Å². The largest absolute Gasteiger partial charge is 0.355 e. The Kier molecular flexibility index (Phi) is 1.97. The lowest BCUT2D eigenvalue weighted by Crippen LogP contribution is -2.18. The lowest BCUT2D eigenvalue weighted by atomic mass is 10.2. The van der Waals surface area contributed by atoms with Crippen molar-refractivity contribution in [1.82, 2.24) is 5.32 Å². The van der Waals surface area contributed by atoms with Crippen molar-refractivity contribution in [2.24, 2.45) is 0 Å². The van der Waals surface area contributed by atoms with E-state index in [1.807, 2.05) is 0 Å². The van der Waals surface area contributed by atoms with Gasteiger partial charge in [-0.3, -0.25) is 14.9 Å². The number of nitrogens with one attached hydrogen (secondary N) is 1. The van der Waals surface area contributed by atoms with Crippen LogP contribution >= 0.6 is 11.6 Å². The van der Waals surface area contributed by atoms with Crippen LogP contribution in [0.4, 0.5) is 5.69 Å². The van der Waals surface area contributed by atoms with Crippen LogP contribution in [0.2, 0.25) is 5.02 Å². The second-order valence-electron chi connectivity index (χ2n) is 2.38. The molecule has 1 aromatic rings. The SMILES string of the molecule is [2H]C([2H])([2H])NC(=O)c1ccc([N+](=O)[O-])cc1Cl. The maximum atomic E-state index is 11.4. The summed E-state index contributed by atoms with van der Waals surface area (Å²) in [7, 11) is 0. The highest BCUT2D eigenvalue weighted by molar-refractivity contribution is 6.34.